The molecule has 3 heteroatoms. The Morgan fingerprint density at radius 3 is 2.86 bits per heavy atom. The molecular weight excluding hydrogens is 260 g/mol. The van der Waals surface area contributed by atoms with Crippen LogP contribution in [0, 0.1) is 0 Å². The molecule has 4 rings (SSSR count). The molecule has 2 heterocycles. The van der Waals surface area contributed by atoms with E-state index in [0.29, 0.717) is 5.56 Å². The molecule has 0 bridgehead atoms. The summed E-state index contributed by atoms with van der Waals surface area (Å²) in [6.45, 7) is 0.953. The Labute approximate surface area is 122 Å². The lowest BCUT2D eigenvalue weighted by atomic mass is 9.99. The Bertz CT molecular complexity index is 855. The van der Waals surface area contributed by atoms with Crippen LogP contribution in [-0.4, -0.2) is 17.3 Å². The summed E-state index contributed by atoms with van der Waals surface area (Å²) < 4.78 is 0. The maximum atomic E-state index is 12.6. The number of aromatic nitrogens is 1. The van der Waals surface area contributed by atoms with Crippen LogP contribution in [0.2, 0.25) is 0 Å². The van der Waals surface area contributed by atoms with Crippen LogP contribution < -0.4 is 5.32 Å². The molecule has 0 fully saturated rings. The number of anilines is 1. The lowest BCUT2D eigenvalue weighted by molar-refractivity contribution is 0.103. The molecule has 0 aliphatic carbocycles. The summed E-state index contributed by atoms with van der Waals surface area (Å²) in [4.78, 5) is 16.9. The van der Waals surface area contributed by atoms with Crippen molar-refractivity contribution in [3.05, 3.63) is 71.4 Å². The Balaban J connectivity index is 1.75. The van der Waals surface area contributed by atoms with Gasteiger partial charge in [-0.2, -0.15) is 0 Å². The third-order valence-corrected chi connectivity index (χ3v) is 3.95. The van der Waals surface area contributed by atoms with Gasteiger partial charge in [0, 0.05) is 34.9 Å². The number of fused-ring (bicyclic) bond motifs is 2. The second-order valence-corrected chi connectivity index (χ2v) is 5.29. The third kappa shape index (κ3) is 2.07. The van der Waals surface area contributed by atoms with Gasteiger partial charge >= 0.3 is 0 Å². The van der Waals surface area contributed by atoms with E-state index in [1.807, 2.05) is 48.5 Å². The molecule has 3 aromatic rings. The molecule has 0 saturated carbocycles. The molecular formula is C18H14N2O. The van der Waals surface area contributed by atoms with Crippen LogP contribution in [0.3, 0.4) is 0 Å². The highest BCUT2D eigenvalue weighted by Crippen LogP contribution is 2.25. The highest BCUT2D eigenvalue weighted by atomic mass is 16.1. The van der Waals surface area contributed by atoms with E-state index in [1.54, 1.807) is 6.20 Å². The van der Waals surface area contributed by atoms with Gasteiger partial charge in [-0.05, 0) is 42.3 Å². The van der Waals surface area contributed by atoms with E-state index in [-0.39, 0.29) is 5.78 Å². The van der Waals surface area contributed by atoms with E-state index in [1.165, 1.54) is 5.56 Å². The molecule has 0 unspecified atom stereocenters. The Kier molecular flexibility index (Phi) is 2.71. The zero-order valence-corrected chi connectivity index (χ0v) is 11.5. The Morgan fingerprint density at radius 2 is 1.90 bits per heavy atom. The minimum atomic E-state index is 0.0530. The predicted molar refractivity (Wildman–Crippen MR) is 83.8 cm³/mol. The zero-order valence-electron chi connectivity index (χ0n) is 11.5. The average molecular weight is 274 g/mol. The second kappa shape index (κ2) is 4.70. The van der Waals surface area contributed by atoms with Crippen LogP contribution in [0.1, 0.15) is 21.5 Å². The van der Waals surface area contributed by atoms with Gasteiger partial charge in [0.2, 0.25) is 0 Å². The number of benzene rings is 2. The fraction of sp³-hybridized carbons (Fsp3) is 0.111. The molecule has 1 aliphatic rings. The van der Waals surface area contributed by atoms with Gasteiger partial charge in [-0.3, -0.25) is 9.78 Å². The van der Waals surface area contributed by atoms with Crippen LogP contribution in [0.5, 0.6) is 0 Å². The molecule has 0 radical (unpaired) electrons. The first-order chi connectivity index (χ1) is 10.3. The number of rotatable bonds is 2. The summed E-state index contributed by atoms with van der Waals surface area (Å²) in [7, 11) is 0. The molecule has 21 heavy (non-hydrogen) atoms. The van der Waals surface area contributed by atoms with Gasteiger partial charge in [-0.25, -0.2) is 0 Å². The minimum absolute atomic E-state index is 0.0530. The largest absolute Gasteiger partial charge is 0.384 e. The SMILES string of the molecule is O=C(c1ccc2c(c1)NCC2)c1ccc2ncccc2c1. The van der Waals surface area contributed by atoms with Crippen LogP contribution in [0.25, 0.3) is 10.9 Å². The van der Waals surface area contributed by atoms with Crippen LogP contribution >= 0.6 is 0 Å². The van der Waals surface area contributed by atoms with Crippen LogP contribution in [0.15, 0.2) is 54.7 Å². The summed E-state index contributed by atoms with van der Waals surface area (Å²) in [6.07, 6.45) is 2.79. The lowest BCUT2D eigenvalue weighted by Crippen LogP contribution is -2.02. The number of hydrogen-bond donors (Lipinski definition) is 1. The first kappa shape index (κ1) is 12.1. The van der Waals surface area contributed by atoms with Crippen molar-refractivity contribution in [2.75, 3.05) is 11.9 Å². The standard InChI is InChI=1S/C18H14N2O/c21-18(15-4-3-12-7-9-20-17(12)11-15)14-5-6-16-13(10-14)2-1-8-19-16/h1-6,8,10-11,20H,7,9H2. The summed E-state index contributed by atoms with van der Waals surface area (Å²) in [6, 6.07) is 15.4. The van der Waals surface area contributed by atoms with Crippen LogP contribution in [0.4, 0.5) is 5.69 Å². The first-order valence-electron chi connectivity index (χ1n) is 7.07. The van der Waals surface area contributed by atoms with E-state index in [2.05, 4.69) is 10.3 Å². The third-order valence-electron chi connectivity index (χ3n) is 3.95. The molecule has 2 aromatic carbocycles. The van der Waals surface area contributed by atoms with Gasteiger partial charge in [-0.1, -0.05) is 18.2 Å². The van der Waals surface area contributed by atoms with Gasteiger partial charge in [0.1, 0.15) is 0 Å². The predicted octanol–water partition coefficient (Wildman–Crippen LogP) is 3.43. The van der Waals surface area contributed by atoms with Gasteiger partial charge in [0.15, 0.2) is 5.78 Å². The number of nitrogens with zero attached hydrogens (tertiary/aromatic N) is 1. The van der Waals surface area contributed by atoms with E-state index in [9.17, 15) is 4.79 Å². The van der Waals surface area contributed by atoms with E-state index in [4.69, 9.17) is 0 Å². The summed E-state index contributed by atoms with van der Waals surface area (Å²) in [5.41, 5.74) is 4.71. The summed E-state index contributed by atoms with van der Waals surface area (Å²) in [5, 5.41) is 4.30. The Hall–Kier alpha value is -2.68. The van der Waals surface area contributed by atoms with E-state index >= 15 is 0 Å². The number of carbonyl (C=O) groups is 1. The van der Waals surface area contributed by atoms with Crippen molar-refractivity contribution in [3.63, 3.8) is 0 Å². The number of ketones is 1. The summed E-state index contributed by atoms with van der Waals surface area (Å²) >= 11 is 0. The molecule has 0 amide bonds. The van der Waals surface area contributed by atoms with Crippen molar-refractivity contribution in [3.8, 4) is 0 Å². The second-order valence-electron chi connectivity index (χ2n) is 5.29. The highest BCUT2D eigenvalue weighted by molar-refractivity contribution is 6.11. The fourth-order valence-electron chi connectivity index (χ4n) is 2.82. The smallest absolute Gasteiger partial charge is 0.193 e. The maximum absolute atomic E-state index is 12.6. The first-order valence-corrected chi connectivity index (χ1v) is 7.07. The normalized spacial score (nSPS) is 13.0. The van der Waals surface area contributed by atoms with Crippen molar-refractivity contribution in [2.24, 2.45) is 0 Å². The van der Waals surface area contributed by atoms with Crippen molar-refractivity contribution in [1.29, 1.82) is 0 Å². The fourth-order valence-corrected chi connectivity index (χ4v) is 2.82. The molecule has 0 atom stereocenters. The quantitative estimate of drug-likeness (QED) is 0.728. The number of hydrogen-bond acceptors (Lipinski definition) is 3. The number of pyridine rings is 1. The van der Waals surface area contributed by atoms with Crippen LogP contribution in [-0.2, 0) is 6.42 Å². The molecule has 1 aromatic heterocycles. The molecule has 3 nitrogen and oxygen atoms in total. The van der Waals surface area contributed by atoms with E-state index in [0.717, 1.165) is 35.1 Å². The topological polar surface area (TPSA) is 42.0 Å². The zero-order chi connectivity index (χ0) is 14.2. The molecule has 0 saturated heterocycles. The van der Waals surface area contributed by atoms with Gasteiger partial charge < -0.3 is 5.32 Å². The van der Waals surface area contributed by atoms with Gasteiger partial charge in [0.25, 0.3) is 0 Å². The van der Waals surface area contributed by atoms with Gasteiger partial charge in [0.05, 0.1) is 5.52 Å². The molecule has 102 valence electrons. The van der Waals surface area contributed by atoms with Crippen molar-refractivity contribution < 1.29 is 4.79 Å². The van der Waals surface area contributed by atoms with Crippen molar-refractivity contribution >= 4 is 22.4 Å². The monoisotopic (exact) mass is 274 g/mol. The highest BCUT2D eigenvalue weighted by Gasteiger charge is 2.15. The Morgan fingerprint density at radius 1 is 1.05 bits per heavy atom. The maximum Gasteiger partial charge on any atom is 0.193 e. The van der Waals surface area contributed by atoms with Gasteiger partial charge in [-0.15, -0.1) is 0 Å². The minimum Gasteiger partial charge on any atom is -0.384 e. The molecule has 1 N–H and O–H groups in total. The molecule has 1 aliphatic heterocycles. The number of nitrogens with one attached hydrogen (secondary N) is 1. The van der Waals surface area contributed by atoms with Crippen molar-refractivity contribution in [1.82, 2.24) is 4.98 Å². The van der Waals surface area contributed by atoms with E-state index < -0.39 is 0 Å². The lowest BCUT2D eigenvalue weighted by Gasteiger charge is -2.06. The number of carbonyl (C=O) groups excluding carboxylic acids is 1. The summed E-state index contributed by atoms with van der Waals surface area (Å²) in [5.74, 6) is 0.0530. The average Bonchev–Trinajstić information content (AvgIpc) is 3.01. The van der Waals surface area contributed by atoms with Crippen molar-refractivity contribution in [2.45, 2.75) is 6.42 Å². The molecule has 0 spiro atoms.